The predicted octanol–water partition coefficient (Wildman–Crippen LogP) is 3.54. The van der Waals surface area contributed by atoms with E-state index in [9.17, 15) is 22.6 Å². The Bertz CT molecular complexity index is 1780. The molecular formula is C22H16N2O5S. The molecule has 7 nitrogen and oxygen atoms in total. The maximum Gasteiger partial charge on any atom is 0.295 e. The van der Waals surface area contributed by atoms with Gasteiger partial charge in [-0.1, -0.05) is 18.2 Å². The minimum absolute atomic E-state index is 0.108. The zero-order valence-electron chi connectivity index (χ0n) is 16.0. The van der Waals surface area contributed by atoms with Crippen molar-refractivity contribution in [3.05, 3.63) is 74.0 Å². The molecule has 0 saturated carbocycles. The van der Waals surface area contributed by atoms with Crippen LogP contribution < -0.4 is 10.9 Å². The summed E-state index contributed by atoms with van der Waals surface area (Å²) in [6.07, 6.45) is 0. The number of H-pyrrole nitrogens is 2. The Labute approximate surface area is 169 Å². The predicted molar refractivity (Wildman–Crippen MR) is 117 cm³/mol. The molecule has 0 saturated heterocycles. The van der Waals surface area contributed by atoms with Gasteiger partial charge in [-0.2, -0.15) is 8.42 Å². The minimum atomic E-state index is -4.60. The van der Waals surface area contributed by atoms with E-state index >= 15 is 0 Å². The number of aryl methyl sites for hydroxylation is 2. The first-order chi connectivity index (χ1) is 14.2. The molecule has 2 aromatic heterocycles. The molecule has 5 aromatic rings. The molecule has 3 aromatic carbocycles. The molecule has 0 aliphatic heterocycles. The van der Waals surface area contributed by atoms with Crippen LogP contribution in [0, 0.1) is 13.8 Å². The number of nitrogens with one attached hydrogen (secondary N) is 2. The van der Waals surface area contributed by atoms with E-state index in [1.165, 1.54) is 12.1 Å². The van der Waals surface area contributed by atoms with Crippen molar-refractivity contribution >= 4 is 53.7 Å². The molecule has 30 heavy (non-hydrogen) atoms. The van der Waals surface area contributed by atoms with Crippen LogP contribution in [-0.4, -0.2) is 22.9 Å². The molecular weight excluding hydrogens is 404 g/mol. The smallest absolute Gasteiger partial charge is 0.295 e. The fourth-order valence-corrected chi connectivity index (χ4v) is 4.79. The highest BCUT2D eigenvalue weighted by molar-refractivity contribution is 7.86. The van der Waals surface area contributed by atoms with Crippen molar-refractivity contribution in [2.45, 2.75) is 18.7 Å². The van der Waals surface area contributed by atoms with E-state index in [2.05, 4.69) is 9.97 Å². The van der Waals surface area contributed by atoms with Crippen LogP contribution in [0.5, 0.6) is 0 Å². The topological polar surface area (TPSA) is 120 Å². The third kappa shape index (κ3) is 2.51. The second-order valence-electron chi connectivity index (χ2n) is 7.45. The number of benzene rings is 3. The average molecular weight is 420 g/mol. The summed E-state index contributed by atoms with van der Waals surface area (Å²) in [4.78, 5) is 32.2. The average Bonchev–Trinajstić information content (AvgIpc) is 2.67. The molecule has 0 radical (unpaired) electrons. The summed E-state index contributed by atoms with van der Waals surface area (Å²) in [5, 5.41) is 1.11. The molecule has 0 amide bonds. The maximum atomic E-state index is 13.3. The van der Waals surface area contributed by atoms with Gasteiger partial charge in [0.15, 0.2) is 10.9 Å². The first kappa shape index (κ1) is 18.5. The third-order valence-corrected chi connectivity index (χ3v) is 6.45. The summed E-state index contributed by atoms with van der Waals surface area (Å²) in [5.41, 5.74) is 2.63. The lowest BCUT2D eigenvalue weighted by Gasteiger charge is -2.10. The van der Waals surface area contributed by atoms with E-state index < -0.39 is 20.4 Å². The summed E-state index contributed by atoms with van der Waals surface area (Å²) in [6.45, 7) is 3.59. The van der Waals surface area contributed by atoms with Crippen LogP contribution >= 0.6 is 0 Å². The molecule has 150 valence electrons. The van der Waals surface area contributed by atoms with E-state index in [0.29, 0.717) is 38.4 Å². The fraction of sp³-hybridized carbons (Fsp3) is 0.0909. The van der Waals surface area contributed by atoms with E-state index in [-0.39, 0.29) is 16.2 Å². The van der Waals surface area contributed by atoms with Gasteiger partial charge in [0.25, 0.3) is 10.1 Å². The highest BCUT2D eigenvalue weighted by atomic mass is 32.2. The second kappa shape index (κ2) is 6.01. The van der Waals surface area contributed by atoms with Gasteiger partial charge in [0.05, 0.1) is 27.5 Å². The maximum absolute atomic E-state index is 13.3. The molecule has 3 N–H and O–H groups in total. The van der Waals surface area contributed by atoms with E-state index in [1.54, 1.807) is 25.1 Å². The Kier molecular flexibility index (Phi) is 3.71. The number of aromatic amines is 2. The van der Waals surface area contributed by atoms with Crippen LogP contribution in [0.25, 0.3) is 43.6 Å². The van der Waals surface area contributed by atoms with Gasteiger partial charge in [0.1, 0.15) is 4.90 Å². The summed E-state index contributed by atoms with van der Waals surface area (Å²) in [6, 6.07) is 11.4. The molecule has 5 rings (SSSR count). The normalized spacial score (nSPS) is 12.4. The first-order valence-corrected chi connectivity index (χ1v) is 10.6. The van der Waals surface area contributed by atoms with Crippen molar-refractivity contribution in [2.24, 2.45) is 0 Å². The lowest BCUT2D eigenvalue weighted by atomic mass is 10.0. The van der Waals surface area contributed by atoms with E-state index in [0.717, 1.165) is 5.56 Å². The van der Waals surface area contributed by atoms with E-state index in [1.807, 2.05) is 19.1 Å². The molecule has 0 fully saturated rings. The van der Waals surface area contributed by atoms with E-state index in [4.69, 9.17) is 0 Å². The monoisotopic (exact) mass is 420 g/mol. The number of fused-ring (bicyclic) bond motifs is 4. The van der Waals surface area contributed by atoms with Crippen LogP contribution in [0.2, 0.25) is 0 Å². The van der Waals surface area contributed by atoms with Gasteiger partial charge in [-0.3, -0.25) is 14.1 Å². The molecule has 0 bridgehead atoms. The summed E-state index contributed by atoms with van der Waals surface area (Å²) >= 11 is 0. The third-order valence-electron chi connectivity index (χ3n) is 5.56. The molecule has 8 heteroatoms. The van der Waals surface area contributed by atoms with Crippen LogP contribution in [0.1, 0.15) is 11.1 Å². The Morgan fingerprint density at radius 2 is 1.40 bits per heavy atom. The van der Waals surface area contributed by atoms with Crippen LogP contribution in [-0.2, 0) is 10.1 Å². The molecule has 2 heterocycles. The standard InChI is InChI=1S/C22H16N2O5S/c1-10-4-3-5-14-18(10)21(25)12-9-16-13(8-15(12)23-14)22(26)19-17(30(27,28)29)7-6-11(2)20(19)24-16/h3-9H,1-2H3,(H,23,25)(H,24,26)(H,27,28,29). The Balaban J connectivity index is 2.04. The summed E-state index contributed by atoms with van der Waals surface area (Å²) in [7, 11) is -4.60. The van der Waals surface area contributed by atoms with Gasteiger partial charge in [0.2, 0.25) is 0 Å². The lowest BCUT2D eigenvalue weighted by Crippen LogP contribution is -2.12. The van der Waals surface area contributed by atoms with Gasteiger partial charge < -0.3 is 9.97 Å². The zero-order valence-corrected chi connectivity index (χ0v) is 16.8. The second-order valence-corrected chi connectivity index (χ2v) is 8.84. The lowest BCUT2D eigenvalue weighted by molar-refractivity contribution is 0.484. The minimum Gasteiger partial charge on any atom is -0.354 e. The van der Waals surface area contributed by atoms with Gasteiger partial charge in [0, 0.05) is 16.2 Å². The van der Waals surface area contributed by atoms with Crippen LogP contribution in [0.15, 0.2) is 56.9 Å². The van der Waals surface area contributed by atoms with Crippen molar-refractivity contribution in [1.82, 2.24) is 9.97 Å². The number of pyridine rings is 2. The van der Waals surface area contributed by atoms with Crippen molar-refractivity contribution < 1.29 is 13.0 Å². The number of aromatic nitrogens is 2. The van der Waals surface area contributed by atoms with Gasteiger partial charge in [-0.15, -0.1) is 0 Å². The number of hydrogen-bond acceptors (Lipinski definition) is 4. The first-order valence-electron chi connectivity index (χ1n) is 9.19. The molecule has 0 unspecified atom stereocenters. The molecule has 0 aliphatic carbocycles. The van der Waals surface area contributed by atoms with Crippen LogP contribution in [0.3, 0.4) is 0 Å². The Morgan fingerprint density at radius 3 is 2.07 bits per heavy atom. The van der Waals surface area contributed by atoms with Gasteiger partial charge in [-0.05, 0) is 49.2 Å². The Morgan fingerprint density at radius 1 is 0.767 bits per heavy atom. The van der Waals surface area contributed by atoms with Crippen molar-refractivity contribution in [2.75, 3.05) is 0 Å². The number of hydrogen-bond donors (Lipinski definition) is 3. The Hall–Kier alpha value is -3.49. The van der Waals surface area contributed by atoms with Crippen molar-refractivity contribution in [3.63, 3.8) is 0 Å². The highest BCUT2D eigenvalue weighted by Crippen LogP contribution is 2.26. The van der Waals surface area contributed by atoms with Crippen molar-refractivity contribution in [3.8, 4) is 0 Å². The molecule has 0 spiro atoms. The summed E-state index contributed by atoms with van der Waals surface area (Å²) in [5.74, 6) is 0. The van der Waals surface area contributed by atoms with Gasteiger partial charge >= 0.3 is 0 Å². The zero-order chi connectivity index (χ0) is 21.4. The van der Waals surface area contributed by atoms with Crippen molar-refractivity contribution in [1.29, 1.82) is 0 Å². The molecule has 0 atom stereocenters. The quantitative estimate of drug-likeness (QED) is 0.283. The van der Waals surface area contributed by atoms with Crippen LogP contribution in [0.4, 0.5) is 0 Å². The fourth-order valence-electron chi connectivity index (χ4n) is 4.09. The van der Waals surface area contributed by atoms with Gasteiger partial charge in [-0.25, -0.2) is 0 Å². The number of rotatable bonds is 1. The SMILES string of the molecule is Cc1ccc(S(=O)(=O)O)c2c(=O)c3cc4[nH]c5cccc(C)c5c(=O)c4cc3[nH]c12. The molecule has 0 aliphatic rings. The summed E-state index contributed by atoms with van der Waals surface area (Å²) < 4.78 is 33.3. The largest absolute Gasteiger partial charge is 0.354 e. The highest BCUT2D eigenvalue weighted by Gasteiger charge is 2.20.